The summed E-state index contributed by atoms with van der Waals surface area (Å²) in [5.41, 5.74) is 1.96. The summed E-state index contributed by atoms with van der Waals surface area (Å²) in [4.78, 5) is 37.9. The van der Waals surface area contributed by atoms with Crippen LogP contribution in [0.4, 0.5) is 10.5 Å². The molecule has 2 heterocycles. The van der Waals surface area contributed by atoms with Gasteiger partial charge >= 0.3 is 0 Å². The van der Waals surface area contributed by atoms with Gasteiger partial charge in [0.1, 0.15) is 12.4 Å². The molecule has 0 bridgehead atoms. The fourth-order valence-corrected chi connectivity index (χ4v) is 3.53. The highest BCUT2D eigenvalue weighted by molar-refractivity contribution is 8.18. The number of hydrogen-bond donors (Lipinski definition) is 1. The minimum Gasteiger partial charge on any atom is -0.490 e. The standard InChI is InChI=1S/C19H14N2O4S/c22-17-16(26-19(24)20-17)11-12-6-7-15-14(10-12)21(8-9-25-15)18(23)13-4-2-1-3-5-13/h1-7,10-11H,8-9H2,(H,20,22,24)/b16-11-. The molecule has 2 aromatic rings. The lowest BCUT2D eigenvalue weighted by Gasteiger charge is -2.30. The molecule has 1 fully saturated rings. The van der Waals surface area contributed by atoms with Gasteiger partial charge in [0.15, 0.2) is 0 Å². The van der Waals surface area contributed by atoms with Crippen LogP contribution in [0.15, 0.2) is 53.4 Å². The van der Waals surface area contributed by atoms with Gasteiger partial charge < -0.3 is 9.64 Å². The summed E-state index contributed by atoms with van der Waals surface area (Å²) in [6.45, 7) is 0.854. The van der Waals surface area contributed by atoms with Crippen molar-refractivity contribution >= 4 is 40.6 Å². The number of carbonyl (C=O) groups excluding carboxylic acids is 3. The summed E-state index contributed by atoms with van der Waals surface area (Å²) >= 11 is 0.860. The van der Waals surface area contributed by atoms with Crippen molar-refractivity contribution in [2.24, 2.45) is 0 Å². The zero-order valence-corrected chi connectivity index (χ0v) is 14.4. The molecule has 1 N–H and O–H groups in total. The predicted octanol–water partition coefficient (Wildman–Crippen LogP) is 3.05. The van der Waals surface area contributed by atoms with Gasteiger partial charge in [0, 0.05) is 5.56 Å². The van der Waals surface area contributed by atoms with Crippen molar-refractivity contribution in [1.82, 2.24) is 5.32 Å². The summed E-state index contributed by atoms with van der Waals surface area (Å²) in [7, 11) is 0. The van der Waals surface area contributed by atoms with Crippen LogP contribution in [0, 0.1) is 0 Å². The Bertz CT molecular complexity index is 940. The summed E-state index contributed by atoms with van der Waals surface area (Å²) in [6, 6.07) is 14.4. The van der Waals surface area contributed by atoms with Crippen molar-refractivity contribution in [3.63, 3.8) is 0 Å². The second kappa shape index (κ2) is 6.68. The zero-order chi connectivity index (χ0) is 18.1. The van der Waals surface area contributed by atoms with Crippen LogP contribution in [-0.2, 0) is 4.79 Å². The number of hydrogen-bond acceptors (Lipinski definition) is 5. The monoisotopic (exact) mass is 366 g/mol. The molecule has 1 saturated heterocycles. The van der Waals surface area contributed by atoms with Crippen molar-refractivity contribution in [2.45, 2.75) is 0 Å². The van der Waals surface area contributed by atoms with E-state index in [1.54, 1.807) is 41.3 Å². The number of fused-ring (bicyclic) bond motifs is 1. The molecule has 26 heavy (non-hydrogen) atoms. The first kappa shape index (κ1) is 16.4. The Balaban J connectivity index is 1.69. The number of thioether (sulfide) groups is 1. The Morgan fingerprint density at radius 2 is 1.96 bits per heavy atom. The maximum Gasteiger partial charge on any atom is 0.290 e. The average Bonchev–Trinajstić information content (AvgIpc) is 2.98. The Morgan fingerprint density at radius 3 is 2.69 bits per heavy atom. The Kier molecular flexibility index (Phi) is 4.22. The molecule has 6 nitrogen and oxygen atoms in total. The molecule has 0 unspecified atom stereocenters. The number of rotatable bonds is 2. The van der Waals surface area contributed by atoms with Crippen LogP contribution in [0.25, 0.3) is 6.08 Å². The quantitative estimate of drug-likeness (QED) is 0.827. The second-order valence-electron chi connectivity index (χ2n) is 5.75. The van der Waals surface area contributed by atoms with Gasteiger partial charge in [0.25, 0.3) is 17.1 Å². The summed E-state index contributed by atoms with van der Waals surface area (Å²) in [5, 5.41) is 1.84. The molecule has 0 radical (unpaired) electrons. The van der Waals surface area contributed by atoms with E-state index >= 15 is 0 Å². The van der Waals surface area contributed by atoms with Crippen LogP contribution in [0.5, 0.6) is 5.75 Å². The Hall–Kier alpha value is -3.06. The largest absolute Gasteiger partial charge is 0.490 e. The first-order chi connectivity index (χ1) is 12.6. The molecular weight excluding hydrogens is 352 g/mol. The van der Waals surface area contributed by atoms with Gasteiger partial charge in [-0.1, -0.05) is 24.3 Å². The van der Waals surface area contributed by atoms with Crippen LogP contribution in [0.1, 0.15) is 15.9 Å². The molecule has 0 aromatic heterocycles. The number of imide groups is 1. The van der Waals surface area contributed by atoms with Crippen molar-refractivity contribution in [3.05, 3.63) is 64.6 Å². The lowest BCUT2D eigenvalue weighted by molar-refractivity contribution is -0.115. The van der Waals surface area contributed by atoms with E-state index < -0.39 is 5.91 Å². The molecule has 4 rings (SSSR count). The molecule has 2 aliphatic heterocycles. The average molecular weight is 366 g/mol. The first-order valence-corrected chi connectivity index (χ1v) is 8.82. The number of nitrogens with one attached hydrogen (secondary N) is 1. The molecule has 3 amide bonds. The maximum absolute atomic E-state index is 12.9. The first-order valence-electron chi connectivity index (χ1n) is 8.00. The zero-order valence-electron chi connectivity index (χ0n) is 13.6. The van der Waals surface area contributed by atoms with E-state index in [0.29, 0.717) is 40.6 Å². The third-order valence-electron chi connectivity index (χ3n) is 4.05. The van der Waals surface area contributed by atoms with Gasteiger partial charge in [-0.05, 0) is 47.7 Å². The molecule has 0 spiro atoms. The highest BCUT2D eigenvalue weighted by Crippen LogP contribution is 2.35. The normalized spacial score (nSPS) is 17.7. The molecule has 0 aliphatic carbocycles. The van der Waals surface area contributed by atoms with Crippen LogP contribution < -0.4 is 15.0 Å². The highest BCUT2D eigenvalue weighted by Gasteiger charge is 2.27. The van der Waals surface area contributed by atoms with Crippen LogP contribution >= 0.6 is 11.8 Å². The lowest BCUT2D eigenvalue weighted by atomic mass is 10.1. The SMILES string of the molecule is O=C1NC(=O)/C(=C/c2ccc3c(c2)N(C(=O)c2ccccc2)CCO3)S1. The molecule has 0 atom stereocenters. The summed E-state index contributed by atoms with van der Waals surface area (Å²) in [6.07, 6.45) is 1.63. The van der Waals surface area contributed by atoms with Gasteiger partial charge in [0.05, 0.1) is 17.1 Å². The minimum absolute atomic E-state index is 0.108. The van der Waals surface area contributed by atoms with Gasteiger partial charge in [-0.2, -0.15) is 0 Å². The van der Waals surface area contributed by atoms with E-state index in [2.05, 4.69) is 5.32 Å². The van der Waals surface area contributed by atoms with E-state index in [1.807, 2.05) is 18.2 Å². The molecule has 2 aromatic carbocycles. The van der Waals surface area contributed by atoms with Crippen molar-refractivity contribution in [2.75, 3.05) is 18.1 Å². The Morgan fingerprint density at radius 1 is 1.15 bits per heavy atom. The molecule has 2 aliphatic rings. The van der Waals surface area contributed by atoms with E-state index in [-0.39, 0.29) is 11.1 Å². The van der Waals surface area contributed by atoms with Crippen LogP contribution in [0.2, 0.25) is 0 Å². The van der Waals surface area contributed by atoms with E-state index in [0.717, 1.165) is 11.8 Å². The number of benzene rings is 2. The smallest absolute Gasteiger partial charge is 0.290 e. The third kappa shape index (κ3) is 3.09. The predicted molar refractivity (Wildman–Crippen MR) is 99.2 cm³/mol. The molecule has 0 saturated carbocycles. The minimum atomic E-state index is -0.411. The third-order valence-corrected chi connectivity index (χ3v) is 4.86. The number of ether oxygens (including phenoxy) is 1. The number of anilines is 1. The highest BCUT2D eigenvalue weighted by atomic mass is 32.2. The van der Waals surface area contributed by atoms with Crippen molar-refractivity contribution in [3.8, 4) is 5.75 Å². The topological polar surface area (TPSA) is 75.7 Å². The molecular formula is C19H14N2O4S. The van der Waals surface area contributed by atoms with Crippen molar-refractivity contribution in [1.29, 1.82) is 0 Å². The van der Waals surface area contributed by atoms with Crippen molar-refractivity contribution < 1.29 is 19.1 Å². The van der Waals surface area contributed by atoms with E-state index in [4.69, 9.17) is 4.74 Å². The Labute approximate surface area is 153 Å². The summed E-state index contributed by atoms with van der Waals surface area (Å²) < 4.78 is 5.65. The maximum atomic E-state index is 12.9. The van der Waals surface area contributed by atoms with Gasteiger partial charge in [-0.15, -0.1) is 0 Å². The van der Waals surface area contributed by atoms with Gasteiger partial charge in [-0.25, -0.2) is 0 Å². The van der Waals surface area contributed by atoms with Gasteiger partial charge in [-0.3, -0.25) is 19.7 Å². The van der Waals surface area contributed by atoms with E-state index in [1.165, 1.54) is 0 Å². The fourth-order valence-electron chi connectivity index (χ4n) is 2.84. The van der Waals surface area contributed by atoms with Gasteiger partial charge in [0.2, 0.25) is 0 Å². The number of carbonyl (C=O) groups is 3. The molecule has 130 valence electrons. The van der Waals surface area contributed by atoms with Crippen LogP contribution in [0.3, 0.4) is 0 Å². The summed E-state index contributed by atoms with van der Waals surface area (Å²) in [5.74, 6) is 0.0941. The number of amides is 3. The fraction of sp³-hybridized carbons (Fsp3) is 0.105. The van der Waals surface area contributed by atoms with E-state index in [9.17, 15) is 14.4 Å². The van der Waals surface area contributed by atoms with Crippen LogP contribution in [-0.4, -0.2) is 30.2 Å². The lowest BCUT2D eigenvalue weighted by Crippen LogP contribution is -2.38. The second-order valence-corrected chi connectivity index (χ2v) is 6.77. The molecule has 7 heteroatoms. The number of nitrogens with zero attached hydrogens (tertiary/aromatic N) is 1.